The summed E-state index contributed by atoms with van der Waals surface area (Å²) in [6, 6.07) is 7.83. The van der Waals surface area contributed by atoms with Gasteiger partial charge >= 0.3 is 6.18 Å². The first kappa shape index (κ1) is 18.2. The Morgan fingerprint density at radius 3 is 2.46 bits per heavy atom. The van der Waals surface area contributed by atoms with Crippen LogP contribution in [0.15, 0.2) is 42.6 Å². The van der Waals surface area contributed by atoms with E-state index >= 15 is 0 Å². The number of hydrogen-bond acceptors (Lipinski definition) is 4. The van der Waals surface area contributed by atoms with Crippen LogP contribution in [0.4, 0.5) is 24.7 Å². The molecule has 0 atom stereocenters. The second-order valence-electron chi connectivity index (χ2n) is 6.23. The molecule has 0 bridgehead atoms. The Bertz CT molecular complexity index is 769. The van der Waals surface area contributed by atoms with E-state index in [1.54, 1.807) is 12.1 Å². The van der Waals surface area contributed by atoms with Crippen LogP contribution in [-0.4, -0.2) is 49.0 Å². The Morgan fingerprint density at radius 1 is 1.12 bits per heavy atom. The van der Waals surface area contributed by atoms with Crippen molar-refractivity contribution < 1.29 is 18.0 Å². The second-order valence-corrected chi connectivity index (χ2v) is 6.23. The van der Waals surface area contributed by atoms with Gasteiger partial charge in [0.05, 0.1) is 17.4 Å². The smallest absolute Gasteiger partial charge is 0.354 e. The first-order valence-corrected chi connectivity index (χ1v) is 8.21. The molecule has 138 valence electrons. The summed E-state index contributed by atoms with van der Waals surface area (Å²) < 4.78 is 38.3. The first-order chi connectivity index (χ1) is 12.3. The Hall–Kier alpha value is -2.61. The van der Waals surface area contributed by atoms with E-state index in [2.05, 4.69) is 27.1 Å². The molecule has 0 spiro atoms. The highest BCUT2D eigenvalue weighted by Crippen LogP contribution is 2.29. The summed E-state index contributed by atoms with van der Waals surface area (Å²) >= 11 is 0. The Morgan fingerprint density at radius 2 is 1.85 bits per heavy atom. The summed E-state index contributed by atoms with van der Waals surface area (Å²) in [6.45, 7) is 3.66. The van der Waals surface area contributed by atoms with E-state index in [9.17, 15) is 18.0 Å². The molecule has 1 aliphatic rings. The van der Waals surface area contributed by atoms with Crippen molar-refractivity contribution in [3.8, 4) is 0 Å². The normalized spacial score (nSPS) is 15.8. The van der Waals surface area contributed by atoms with Crippen molar-refractivity contribution in [3.05, 3.63) is 53.7 Å². The molecule has 5 nitrogen and oxygen atoms in total. The van der Waals surface area contributed by atoms with Crippen LogP contribution in [0.25, 0.3) is 0 Å². The van der Waals surface area contributed by atoms with Gasteiger partial charge in [-0.1, -0.05) is 6.07 Å². The van der Waals surface area contributed by atoms with Gasteiger partial charge < -0.3 is 15.1 Å². The highest BCUT2D eigenvalue weighted by atomic mass is 19.4. The zero-order chi connectivity index (χ0) is 18.7. The third-order valence-corrected chi connectivity index (χ3v) is 4.29. The minimum atomic E-state index is -4.48. The van der Waals surface area contributed by atoms with Crippen molar-refractivity contribution in [2.24, 2.45) is 0 Å². The number of benzene rings is 1. The molecule has 0 saturated carbocycles. The molecule has 0 aliphatic carbocycles. The molecule has 1 aromatic carbocycles. The summed E-state index contributed by atoms with van der Waals surface area (Å²) in [5.74, 6) is 0.209. The van der Waals surface area contributed by atoms with Crippen LogP contribution in [0.2, 0.25) is 0 Å². The Balaban J connectivity index is 1.66. The summed E-state index contributed by atoms with van der Waals surface area (Å²) in [7, 11) is 2.07. The molecule has 1 aliphatic heterocycles. The van der Waals surface area contributed by atoms with Gasteiger partial charge in [0.2, 0.25) is 0 Å². The van der Waals surface area contributed by atoms with Crippen molar-refractivity contribution in [2.45, 2.75) is 6.18 Å². The fourth-order valence-electron chi connectivity index (χ4n) is 2.72. The van der Waals surface area contributed by atoms with Crippen LogP contribution in [-0.2, 0) is 6.18 Å². The number of likely N-dealkylation sites (N-methyl/N-ethyl adjacent to an activating group) is 1. The lowest BCUT2D eigenvalue weighted by atomic mass is 10.1. The molecule has 0 radical (unpaired) electrons. The van der Waals surface area contributed by atoms with Crippen molar-refractivity contribution in [2.75, 3.05) is 43.4 Å². The topological polar surface area (TPSA) is 48.5 Å². The maximum absolute atomic E-state index is 12.8. The number of aromatic nitrogens is 1. The Labute approximate surface area is 149 Å². The SMILES string of the molecule is CN1CCN(c2ccc(NC(=O)c3cccc(C(F)(F)F)c3)cn2)CC1. The van der Waals surface area contributed by atoms with Crippen LogP contribution in [0, 0.1) is 0 Å². The number of alkyl halides is 3. The number of pyridine rings is 1. The van der Waals surface area contributed by atoms with E-state index in [1.165, 1.54) is 18.3 Å². The maximum Gasteiger partial charge on any atom is 0.416 e. The number of carbonyl (C=O) groups excluding carboxylic acids is 1. The average molecular weight is 364 g/mol. The summed E-state index contributed by atoms with van der Waals surface area (Å²) in [4.78, 5) is 20.9. The zero-order valence-electron chi connectivity index (χ0n) is 14.3. The molecule has 1 aromatic heterocycles. The molecule has 0 unspecified atom stereocenters. The number of hydrogen-bond donors (Lipinski definition) is 1. The van der Waals surface area contributed by atoms with E-state index < -0.39 is 17.6 Å². The maximum atomic E-state index is 12.8. The van der Waals surface area contributed by atoms with Gasteiger partial charge in [-0.2, -0.15) is 13.2 Å². The van der Waals surface area contributed by atoms with Gasteiger partial charge in [0.15, 0.2) is 0 Å². The largest absolute Gasteiger partial charge is 0.416 e. The van der Waals surface area contributed by atoms with E-state index in [4.69, 9.17) is 0 Å². The van der Waals surface area contributed by atoms with Gasteiger partial charge in [-0.25, -0.2) is 4.98 Å². The molecule has 1 N–H and O–H groups in total. The van der Waals surface area contributed by atoms with Gasteiger partial charge in [0, 0.05) is 31.7 Å². The molecular weight excluding hydrogens is 345 g/mol. The second kappa shape index (κ2) is 7.33. The van der Waals surface area contributed by atoms with Crippen LogP contribution in [0.5, 0.6) is 0 Å². The number of carbonyl (C=O) groups is 1. The molecule has 8 heteroatoms. The number of piperazine rings is 1. The number of halogens is 3. The summed E-state index contributed by atoms with van der Waals surface area (Å²) in [6.07, 6.45) is -2.97. The van der Waals surface area contributed by atoms with Crippen molar-refractivity contribution in [1.29, 1.82) is 0 Å². The van der Waals surface area contributed by atoms with Gasteiger partial charge in [-0.05, 0) is 37.4 Å². The summed E-state index contributed by atoms with van der Waals surface area (Å²) in [5, 5.41) is 2.58. The molecular formula is C18H19F3N4O. The van der Waals surface area contributed by atoms with Gasteiger partial charge in [-0.3, -0.25) is 4.79 Å². The molecule has 1 saturated heterocycles. The molecule has 2 heterocycles. The third-order valence-electron chi connectivity index (χ3n) is 4.29. The number of amides is 1. The highest BCUT2D eigenvalue weighted by Gasteiger charge is 2.30. The van der Waals surface area contributed by atoms with E-state index in [-0.39, 0.29) is 5.56 Å². The van der Waals surface area contributed by atoms with Crippen LogP contribution in [0.3, 0.4) is 0 Å². The molecule has 26 heavy (non-hydrogen) atoms. The average Bonchev–Trinajstić information content (AvgIpc) is 2.62. The fourth-order valence-corrected chi connectivity index (χ4v) is 2.72. The van der Waals surface area contributed by atoms with Gasteiger partial charge in [-0.15, -0.1) is 0 Å². The van der Waals surface area contributed by atoms with Crippen molar-refractivity contribution >= 4 is 17.4 Å². The first-order valence-electron chi connectivity index (χ1n) is 8.21. The molecule has 3 rings (SSSR count). The van der Waals surface area contributed by atoms with E-state index in [0.29, 0.717) is 5.69 Å². The Kier molecular flexibility index (Phi) is 5.13. The van der Waals surface area contributed by atoms with E-state index in [0.717, 1.165) is 44.1 Å². The standard InChI is InChI=1S/C18H19F3N4O/c1-24-7-9-25(10-8-24)16-6-5-15(12-22-16)23-17(26)13-3-2-4-14(11-13)18(19,20)21/h2-6,11-12H,7-10H2,1H3,(H,23,26). The van der Waals surface area contributed by atoms with Crippen LogP contribution < -0.4 is 10.2 Å². The minimum absolute atomic E-state index is 0.0528. The number of nitrogens with one attached hydrogen (secondary N) is 1. The van der Waals surface area contributed by atoms with Crippen LogP contribution in [0.1, 0.15) is 15.9 Å². The van der Waals surface area contributed by atoms with E-state index in [1.807, 2.05) is 0 Å². The minimum Gasteiger partial charge on any atom is -0.354 e. The molecule has 1 fully saturated rings. The predicted molar refractivity (Wildman–Crippen MR) is 93.3 cm³/mol. The lowest BCUT2D eigenvalue weighted by Crippen LogP contribution is -2.44. The van der Waals surface area contributed by atoms with Gasteiger partial charge in [0.25, 0.3) is 5.91 Å². The molecule has 2 aromatic rings. The molecule has 1 amide bonds. The number of nitrogens with zero attached hydrogens (tertiary/aromatic N) is 3. The van der Waals surface area contributed by atoms with Crippen molar-refractivity contribution in [1.82, 2.24) is 9.88 Å². The quantitative estimate of drug-likeness (QED) is 0.909. The van der Waals surface area contributed by atoms with Crippen molar-refractivity contribution in [3.63, 3.8) is 0 Å². The fraction of sp³-hybridized carbons (Fsp3) is 0.333. The lowest BCUT2D eigenvalue weighted by Gasteiger charge is -2.33. The summed E-state index contributed by atoms with van der Waals surface area (Å²) in [5.41, 5.74) is -0.470. The predicted octanol–water partition coefficient (Wildman–Crippen LogP) is 3.10. The number of rotatable bonds is 3. The highest BCUT2D eigenvalue weighted by molar-refractivity contribution is 6.04. The number of anilines is 2. The lowest BCUT2D eigenvalue weighted by molar-refractivity contribution is -0.137. The monoisotopic (exact) mass is 364 g/mol. The van der Waals surface area contributed by atoms with Crippen LogP contribution >= 0.6 is 0 Å². The third kappa shape index (κ3) is 4.32. The van der Waals surface area contributed by atoms with Gasteiger partial charge in [0.1, 0.15) is 5.82 Å². The zero-order valence-corrected chi connectivity index (χ0v) is 14.3.